The molecule has 6 nitrogen and oxygen atoms in total. The van der Waals surface area contributed by atoms with Crippen LogP contribution in [0.2, 0.25) is 0 Å². The Morgan fingerprint density at radius 2 is 2.20 bits per heavy atom. The van der Waals surface area contributed by atoms with Crippen molar-refractivity contribution in [2.24, 2.45) is 0 Å². The maximum absolute atomic E-state index is 13.2. The van der Waals surface area contributed by atoms with E-state index in [2.05, 4.69) is 19.9 Å². The third-order valence-electron chi connectivity index (χ3n) is 4.84. The molecule has 3 heterocycles. The van der Waals surface area contributed by atoms with Crippen LogP contribution in [0.4, 0.5) is 10.2 Å². The van der Waals surface area contributed by atoms with Gasteiger partial charge < -0.3 is 20.4 Å². The van der Waals surface area contributed by atoms with E-state index < -0.39 is 6.17 Å². The van der Waals surface area contributed by atoms with E-state index in [0.29, 0.717) is 31.8 Å². The van der Waals surface area contributed by atoms with Gasteiger partial charge in [-0.25, -0.2) is 14.4 Å². The Kier molecular flexibility index (Phi) is 6.20. The zero-order valence-corrected chi connectivity index (χ0v) is 14.9. The number of aryl methyl sites for hydroxylation is 1. The van der Waals surface area contributed by atoms with Gasteiger partial charge in [-0.2, -0.15) is 0 Å². The fraction of sp³-hybridized carbons (Fsp3) is 0.667. The Labute approximate surface area is 148 Å². The van der Waals surface area contributed by atoms with E-state index in [4.69, 9.17) is 10.5 Å². The van der Waals surface area contributed by atoms with Crippen molar-refractivity contribution >= 4 is 16.9 Å². The van der Waals surface area contributed by atoms with E-state index in [9.17, 15) is 4.39 Å². The highest BCUT2D eigenvalue weighted by molar-refractivity contribution is 5.87. The predicted molar refractivity (Wildman–Crippen MR) is 97.4 cm³/mol. The summed E-state index contributed by atoms with van der Waals surface area (Å²) < 4.78 is 18.2. The van der Waals surface area contributed by atoms with Gasteiger partial charge in [0.05, 0.1) is 12.1 Å². The van der Waals surface area contributed by atoms with E-state index in [-0.39, 0.29) is 0 Å². The number of aromatic nitrogens is 3. The fourth-order valence-corrected chi connectivity index (χ4v) is 3.44. The van der Waals surface area contributed by atoms with Gasteiger partial charge in [-0.3, -0.25) is 0 Å². The van der Waals surface area contributed by atoms with Crippen molar-refractivity contribution in [2.75, 3.05) is 39.1 Å². The van der Waals surface area contributed by atoms with Crippen molar-refractivity contribution < 1.29 is 9.13 Å². The summed E-state index contributed by atoms with van der Waals surface area (Å²) in [5.41, 5.74) is 8.98. The number of nitrogens with zero attached hydrogens (tertiary/aromatic N) is 3. The molecule has 7 heteroatoms. The lowest BCUT2D eigenvalue weighted by atomic mass is 10.1. The third kappa shape index (κ3) is 4.67. The second kappa shape index (κ2) is 8.58. The lowest BCUT2D eigenvalue weighted by molar-refractivity contribution is 0.200. The van der Waals surface area contributed by atoms with Gasteiger partial charge in [0.2, 0.25) is 0 Å². The number of methoxy groups -OCH3 is 1. The quantitative estimate of drug-likeness (QED) is 0.680. The average molecular weight is 349 g/mol. The molecule has 1 aliphatic rings. The third-order valence-corrected chi connectivity index (χ3v) is 4.84. The predicted octanol–water partition coefficient (Wildman–Crippen LogP) is 2.49. The zero-order chi connectivity index (χ0) is 17.6. The largest absolute Gasteiger partial charge is 0.384 e. The van der Waals surface area contributed by atoms with Gasteiger partial charge in [0.15, 0.2) is 5.82 Å². The molecule has 0 bridgehead atoms. The Hall–Kier alpha value is -1.73. The van der Waals surface area contributed by atoms with Crippen LogP contribution in [0.15, 0.2) is 6.20 Å². The molecule has 1 aliphatic heterocycles. The first-order valence-corrected chi connectivity index (χ1v) is 9.15. The number of nitrogens with two attached hydrogens (primary N) is 1. The van der Waals surface area contributed by atoms with E-state index in [1.165, 1.54) is 5.56 Å². The number of alkyl halides is 1. The highest BCUT2D eigenvalue weighted by Crippen LogP contribution is 2.22. The molecule has 1 saturated heterocycles. The van der Waals surface area contributed by atoms with Crippen LogP contribution >= 0.6 is 0 Å². The number of nitrogens with one attached hydrogen (secondary N) is 1. The van der Waals surface area contributed by atoms with Gasteiger partial charge in [-0.15, -0.1) is 0 Å². The van der Waals surface area contributed by atoms with Crippen molar-refractivity contribution in [1.29, 1.82) is 0 Å². The Balaban J connectivity index is 1.51. The van der Waals surface area contributed by atoms with Crippen LogP contribution in [0.25, 0.3) is 11.0 Å². The lowest BCUT2D eigenvalue weighted by Crippen LogP contribution is -2.22. The number of H-pyrrole nitrogens is 1. The Morgan fingerprint density at radius 1 is 1.32 bits per heavy atom. The fourth-order valence-electron chi connectivity index (χ4n) is 3.44. The van der Waals surface area contributed by atoms with Gasteiger partial charge in [-0.1, -0.05) is 6.42 Å². The van der Waals surface area contributed by atoms with Crippen LogP contribution in [0.1, 0.15) is 37.1 Å². The molecule has 0 spiro atoms. The first-order chi connectivity index (χ1) is 12.2. The number of nitrogen functional groups attached to an aromatic ring is 1. The molecule has 0 saturated carbocycles. The summed E-state index contributed by atoms with van der Waals surface area (Å²) in [4.78, 5) is 14.4. The second-order valence-corrected chi connectivity index (χ2v) is 6.80. The van der Waals surface area contributed by atoms with Gasteiger partial charge in [0, 0.05) is 32.8 Å². The first kappa shape index (κ1) is 18.1. The number of unbranched alkanes of at least 4 members (excludes halogenated alkanes) is 2. The van der Waals surface area contributed by atoms with Crippen LogP contribution in [0, 0.1) is 0 Å². The second-order valence-electron chi connectivity index (χ2n) is 6.80. The van der Waals surface area contributed by atoms with Crippen LogP contribution in [-0.4, -0.2) is 59.4 Å². The normalized spacial score (nSPS) is 18.4. The number of hydrogen-bond donors (Lipinski definition) is 2. The van der Waals surface area contributed by atoms with Crippen LogP contribution < -0.4 is 5.73 Å². The number of fused-ring (bicyclic) bond motifs is 1. The smallest absolute Gasteiger partial charge is 0.151 e. The minimum absolute atomic E-state index is 0.497. The Morgan fingerprint density at radius 3 is 2.96 bits per heavy atom. The molecule has 2 aromatic rings. The van der Waals surface area contributed by atoms with Gasteiger partial charge in [-0.05, 0) is 37.8 Å². The number of aromatic amines is 1. The monoisotopic (exact) mass is 349 g/mol. The summed E-state index contributed by atoms with van der Waals surface area (Å²) in [6, 6.07) is 0. The van der Waals surface area contributed by atoms with Crippen LogP contribution in [0.3, 0.4) is 0 Å². The molecule has 25 heavy (non-hydrogen) atoms. The van der Waals surface area contributed by atoms with Crippen LogP contribution in [-0.2, 0) is 17.6 Å². The summed E-state index contributed by atoms with van der Waals surface area (Å²) in [5, 5.41) is 0. The van der Waals surface area contributed by atoms with Crippen molar-refractivity contribution in [3.63, 3.8) is 0 Å². The maximum Gasteiger partial charge on any atom is 0.151 e. The number of anilines is 1. The summed E-state index contributed by atoms with van der Waals surface area (Å²) in [5.74, 6) is 1.22. The molecule has 0 aromatic carbocycles. The Bertz CT molecular complexity index is 689. The van der Waals surface area contributed by atoms with Gasteiger partial charge in [0.1, 0.15) is 17.5 Å². The molecular weight excluding hydrogens is 321 g/mol. The molecule has 1 atom stereocenters. The molecular formula is C18H28FN5O. The minimum atomic E-state index is -0.622. The van der Waals surface area contributed by atoms with E-state index in [1.54, 1.807) is 7.11 Å². The summed E-state index contributed by atoms with van der Waals surface area (Å²) in [7, 11) is 1.67. The topological polar surface area (TPSA) is 80.1 Å². The van der Waals surface area contributed by atoms with E-state index in [1.807, 2.05) is 6.20 Å². The average Bonchev–Trinajstić information content (AvgIpc) is 3.19. The van der Waals surface area contributed by atoms with E-state index >= 15 is 0 Å². The molecule has 3 rings (SSSR count). The van der Waals surface area contributed by atoms with E-state index in [0.717, 1.165) is 55.6 Å². The lowest BCUT2D eigenvalue weighted by Gasteiger charge is -2.13. The maximum atomic E-state index is 13.2. The van der Waals surface area contributed by atoms with Crippen molar-refractivity contribution in [2.45, 2.75) is 44.7 Å². The number of likely N-dealkylation sites (tertiary alicyclic amines) is 1. The molecule has 138 valence electrons. The molecule has 0 amide bonds. The van der Waals surface area contributed by atoms with Crippen molar-refractivity contribution in [3.05, 3.63) is 17.6 Å². The summed E-state index contributed by atoms with van der Waals surface area (Å²) in [6.07, 6.45) is 7.04. The van der Waals surface area contributed by atoms with Crippen molar-refractivity contribution in [1.82, 2.24) is 19.9 Å². The molecule has 3 N–H and O–H groups in total. The molecule has 0 radical (unpaired) electrons. The first-order valence-electron chi connectivity index (χ1n) is 9.15. The van der Waals surface area contributed by atoms with Gasteiger partial charge in [0.25, 0.3) is 0 Å². The summed E-state index contributed by atoms with van der Waals surface area (Å²) in [6.45, 7) is 3.11. The molecule has 2 aromatic heterocycles. The summed E-state index contributed by atoms with van der Waals surface area (Å²) >= 11 is 0. The van der Waals surface area contributed by atoms with Gasteiger partial charge >= 0.3 is 0 Å². The highest BCUT2D eigenvalue weighted by Gasteiger charge is 2.20. The molecule has 0 aliphatic carbocycles. The number of rotatable bonds is 9. The van der Waals surface area contributed by atoms with Crippen LogP contribution in [0.5, 0.6) is 0 Å². The standard InChI is InChI=1S/C18H28FN5O/c1-25-10-7-15-22-16-13(11-21-17(16)18(20)23-15)5-3-2-4-8-24-9-6-14(19)12-24/h11,14,21H,2-10,12H2,1H3,(H2,20,22,23). The number of ether oxygens (including phenoxy) is 1. The highest BCUT2D eigenvalue weighted by atomic mass is 19.1. The molecule has 1 fully saturated rings. The number of hydrogen-bond acceptors (Lipinski definition) is 5. The minimum Gasteiger partial charge on any atom is -0.384 e. The van der Waals surface area contributed by atoms with Crippen molar-refractivity contribution in [3.8, 4) is 0 Å². The zero-order valence-electron chi connectivity index (χ0n) is 14.9. The SMILES string of the molecule is COCCc1nc(N)c2[nH]cc(CCCCCN3CCC(F)C3)c2n1. The number of halogens is 1. The molecule has 1 unspecified atom stereocenters.